The monoisotopic (exact) mass is 1010 g/mol. The molecule has 1 atom stereocenters. The first-order valence-electron chi connectivity index (χ1n) is 30.9. The van der Waals surface area contributed by atoms with Crippen molar-refractivity contribution in [3.63, 3.8) is 0 Å². The van der Waals surface area contributed by atoms with E-state index in [1.807, 2.05) is 0 Å². The molecule has 0 spiro atoms. The molecule has 5 nitrogen and oxygen atoms in total. The van der Waals surface area contributed by atoms with Crippen LogP contribution in [0.4, 0.5) is 0 Å². The van der Waals surface area contributed by atoms with Crippen molar-refractivity contribution in [2.24, 2.45) is 0 Å². The summed E-state index contributed by atoms with van der Waals surface area (Å²) in [6.45, 7) is 4.05. The first kappa shape index (κ1) is 69.6. The van der Waals surface area contributed by atoms with Crippen LogP contribution in [0.3, 0.4) is 0 Å². The van der Waals surface area contributed by atoms with Gasteiger partial charge in [-0.15, -0.1) is 0 Å². The zero-order chi connectivity index (χ0) is 52.7. The number of carbonyl (C=O) groups excluding carboxylic acids is 2. The minimum Gasteiger partial charge on any atom is -0.462 e. The van der Waals surface area contributed by atoms with Crippen molar-refractivity contribution in [1.82, 2.24) is 0 Å². The lowest BCUT2D eigenvalue weighted by molar-refractivity contribution is -0.161. The van der Waals surface area contributed by atoms with Crippen LogP contribution in [-0.2, 0) is 19.1 Å². The molecule has 0 aromatic rings. The van der Waals surface area contributed by atoms with Crippen LogP contribution >= 0.6 is 0 Å². The highest BCUT2D eigenvalue weighted by Crippen LogP contribution is 2.17. The number of carbonyl (C=O) groups is 2. The molecule has 0 aliphatic heterocycles. The summed E-state index contributed by atoms with van der Waals surface area (Å²) >= 11 is 0. The third kappa shape index (κ3) is 61.0. The predicted octanol–water partition coefficient (Wildman–Crippen LogP) is 21.3. The number of aliphatic hydroxyl groups excluding tert-OH is 1. The summed E-state index contributed by atoms with van der Waals surface area (Å²) < 4.78 is 10.7. The maximum atomic E-state index is 12.3. The fourth-order valence-electron chi connectivity index (χ4n) is 8.73. The summed E-state index contributed by atoms with van der Waals surface area (Å²) in [6.07, 6.45) is 90.8. The molecule has 0 rings (SSSR count). The van der Waals surface area contributed by atoms with Gasteiger partial charge in [-0.05, 0) is 83.5 Å². The lowest BCUT2D eigenvalue weighted by Gasteiger charge is -2.15. The Balaban J connectivity index is 3.53. The van der Waals surface area contributed by atoms with Gasteiger partial charge in [0, 0.05) is 12.8 Å². The molecule has 0 amide bonds. The van der Waals surface area contributed by atoms with Crippen LogP contribution in [0, 0.1) is 0 Å². The van der Waals surface area contributed by atoms with Gasteiger partial charge in [0.25, 0.3) is 0 Å². The number of unbranched alkanes of at least 4 members (excludes halogenated alkanes) is 30. The summed E-state index contributed by atoms with van der Waals surface area (Å²) in [7, 11) is 0. The third-order valence-corrected chi connectivity index (χ3v) is 13.3. The molecule has 0 saturated carbocycles. The molecule has 0 aliphatic rings. The fourth-order valence-corrected chi connectivity index (χ4v) is 8.73. The Kier molecular flexibility index (Phi) is 59.9. The quantitative estimate of drug-likeness (QED) is 0.0373. The van der Waals surface area contributed by atoms with Crippen molar-refractivity contribution >= 4 is 11.9 Å². The summed E-state index contributed by atoms with van der Waals surface area (Å²) in [6, 6.07) is 0. The SMILES string of the molecule is CC/C=C\C/C=C\C/C=C\C/C=C\C/C=C\C/C=C\C/C=C\C/C=C\C/C=C\CCCCCCCCCCCCCC(=O)OC(CO)COC(=O)CCCCCCCCCCCCCCCCCCCCCC. The Morgan fingerprint density at radius 1 is 0.329 bits per heavy atom. The molecule has 0 aromatic carbocycles. The lowest BCUT2D eigenvalue weighted by atomic mass is 10.0. The third-order valence-electron chi connectivity index (χ3n) is 13.3. The van der Waals surface area contributed by atoms with E-state index in [0.717, 1.165) is 96.3 Å². The molecule has 0 radical (unpaired) electrons. The largest absolute Gasteiger partial charge is 0.462 e. The van der Waals surface area contributed by atoms with Crippen molar-refractivity contribution in [3.8, 4) is 0 Å². The molecule has 0 fully saturated rings. The number of hydrogen-bond donors (Lipinski definition) is 1. The Morgan fingerprint density at radius 2 is 0.589 bits per heavy atom. The number of aliphatic hydroxyl groups is 1. The van der Waals surface area contributed by atoms with Gasteiger partial charge in [0.2, 0.25) is 0 Å². The number of hydrogen-bond acceptors (Lipinski definition) is 5. The molecule has 1 unspecified atom stereocenters. The maximum Gasteiger partial charge on any atom is 0.306 e. The van der Waals surface area contributed by atoms with E-state index in [4.69, 9.17) is 9.47 Å². The van der Waals surface area contributed by atoms with E-state index in [9.17, 15) is 14.7 Å². The normalized spacial score (nSPS) is 13.0. The number of ether oxygens (including phenoxy) is 2. The van der Waals surface area contributed by atoms with E-state index in [-0.39, 0.29) is 25.2 Å². The molecule has 1 N–H and O–H groups in total. The van der Waals surface area contributed by atoms with Gasteiger partial charge in [0.15, 0.2) is 6.10 Å². The molecule has 0 aliphatic carbocycles. The van der Waals surface area contributed by atoms with E-state index in [1.165, 1.54) is 167 Å². The van der Waals surface area contributed by atoms with Crippen LogP contribution in [0.1, 0.15) is 290 Å². The van der Waals surface area contributed by atoms with Crippen molar-refractivity contribution in [2.45, 2.75) is 296 Å². The highest BCUT2D eigenvalue weighted by molar-refractivity contribution is 5.70. The average Bonchev–Trinajstić information content (AvgIpc) is 3.39. The van der Waals surface area contributed by atoms with E-state index < -0.39 is 6.10 Å². The number of allylic oxidation sites excluding steroid dienone is 18. The molecule has 0 heterocycles. The fraction of sp³-hybridized carbons (Fsp3) is 0.706. The van der Waals surface area contributed by atoms with E-state index in [0.29, 0.717) is 12.8 Å². The lowest BCUT2D eigenvalue weighted by Crippen LogP contribution is -2.28. The van der Waals surface area contributed by atoms with Gasteiger partial charge in [0.05, 0.1) is 6.61 Å². The molecule has 5 heteroatoms. The Morgan fingerprint density at radius 3 is 0.890 bits per heavy atom. The second kappa shape index (κ2) is 62.9. The first-order valence-corrected chi connectivity index (χ1v) is 30.9. The van der Waals surface area contributed by atoms with Crippen LogP contribution in [-0.4, -0.2) is 36.4 Å². The standard InChI is InChI=1S/C68H116O5/c1-3-5-7-9-11-13-15-17-19-21-23-25-26-27-28-29-30-31-32-33-34-35-36-37-38-39-40-41-42-43-45-47-49-51-53-55-57-59-61-63-68(71)73-66(64-69)65-72-67(70)62-60-58-56-54-52-50-48-46-44-24-22-20-18-16-14-12-10-8-6-4-2/h5,7,11,13,17,19,23,25,27-28,30-31,33-34,36-37,39-40,66,69H,3-4,6,8-10,12,14-16,18,20-22,24,26,29,32,35,38,41-65H2,1-2H3/b7-5-,13-11-,19-17-,25-23-,28-27-,31-30-,34-33-,37-36-,40-39-. The van der Waals surface area contributed by atoms with Gasteiger partial charge in [-0.1, -0.05) is 303 Å². The summed E-state index contributed by atoms with van der Waals surface area (Å²) in [5, 5.41) is 9.67. The van der Waals surface area contributed by atoms with Gasteiger partial charge in [-0.2, -0.15) is 0 Å². The van der Waals surface area contributed by atoms with Gasteiger partial charge in [0.1, 0.15) is 6.61 Å². The van der Waals surface area contributed by atoms with Crippen LogP contribution in [0.15, 0.2) is 109 Å². The summed E-state index contributed by atoms with van der Waals surface area (Å²) in [5.74, 6) is -0.586. The van der Waals surface area contributed by atoms with Gasteiger partial charge in [-0.25, -0.2) is 0 Å². The van der Waals surface area contributed by atoms with Crippen LogP contribution in [0.25, 0.3) is 0 Å². The number of esters is 2. The van der Waals surface area contributed by atoms with Crippen molar-refractivity contribution in [1.29, 1.82) is 0 Å². The Bertz CT molecular complexity index is 1420. The van der Waals surface area contributed by atoms with Crippen molar-refractivity contribution < 1.29 is 24.2 Å². The maximum absolute atomic E-state index is 12.3. The minimum atomic E-state index is -0.778. The van der Waals surface area contributed by atoms with E-state index in [2.05, 4.69) is 123 Å². The Hall–Kier alpha value is -3.44. The van der Waals surface area contributed by atoms with E-state index in [1.54, 1.807) is 0 Å². The molecule has 0 saturated heterocycles. The topological polar surface area (TPSA) is 72.8 Å². The average molecular weight is 1010 g/mol. The Labute approximate surface area is 452 Å². The molecular formula is C68H116O5. The zero-order valence-electron chi connectivity index (χ0n) is 47.9. The van der Waals surface area contributed by atoms with Gasteiger partial charge < -0.3 is 14.6 Å². The van der Waals surface area contributed by atoms with Crippen LogP contribution in [0.5, 0.6) is 0 Å². The highest BCUT2D eigenvalue weighted by Gasteiger charge is 2.16. The van der Waals surface area contributed by atoms with Gasteiger partial charge in [-0.3, -0.25) is 9.59 Å². The minimum absolute atomic E-state index is 0.0675. The molecule has 0 aromatic heterocycles. The predicted molar refractivity (Wildman–Crippen MR) is 320 cm³/mol. The van der Waals surface area contributed by atoms with E-state index >= 15 is 0 Å². The number of rotatable bonds is 56. The highest BCUT2D eigenvalue weighted by atomic mass is 16.6. The molecule has 418 valence electrons. The summed E-state index contributed by atoms with van der Waals surface area (Å²) in [5.41, 5.74) is 0. The van der Waals surface area contributed by atoms with Gasteiger partial charge >= 0.3 is 11.9 Å². The smallest absolute Gasteiger partial charge is 0.306 e. The summed E-state index contributed by atoms with van der Waals surface area (Å²) in [4.78, 5) is 24.6. The molecule has 73 heavy (non-hydrogen) atoms. The molecule has 0 bridgehead atoms. The van der Waals surface area contributed by atoms with Crippen molar-refractivity contribution in [3.05, 3.63) is 109 Å². The zero-order valence-corrected chi connectivity index (χ0v) is 47.9. The molecular weight excluding hydrogens is 897 g/mol. The van der Waals surface area contributed by atoms with Crippen molar-refractivity contribution in [2.75, 3.05) is 13.2 Å². The first-order chi connectivity index (χ1) is 36.1. The second-order valence-electron chi connectivity index (χ2n) is 20.4. The van der Waals surface area contributed by atoms with Crippen LogP contribution < -0.4 is 0 Å². The second-order valence-corrected chi connectivity index (χ2v) is 20.4. The van der Waals surface area contributed by atoms with Crippen LogP contribution in [0.2, 0.25) is 0 Å².